The molecule has 1 aromatic carbocycles. The maximum absolute atomic E-state index is 12.1. The van der Waals surface area contributed by atoms with Crippen molar-refractivity contribution in [2.45, 2.75) is 19.9 Å². The third-order valence-electron chi connectivity index (χ3n) is 4.84. The van der Waals surface area contributed by atoms with E-state index in [0.717, 1.165) is 22.5 Å². The minimum Gasteiger partial charge on any atom is -0.330 e. The van der Waals surface area contributed by atoms with Gasteiger partial charge in [-0.2, -0.15) is 4.31 Å². The summed E-state index contributed by atoms with van der Waals surface area (Å²) in [4.78, 5) is 15.3. The van der Waals surface area contributed by atoms with Crippen LogP contribution in [0.1, 0.15) is 18.9 Å². The van der Waals surface area contributed by atoms with Gasteiger partial charge in [-0.3, -0.25) is 4.98 Å². The molecule has 0 radical (unpaired) electrons. The first-order valence-electron chi connectivity index (χ1n) is 10.2. The van der Waals surface area contributed by atoms with Gasteiger partial charge < -0.3 is 10.6 Å². The lowest BCUT2D eigenvalue weighted by Gasteiger charge is -2.21. The fourth-order valence-corrected chi connectivity index (χ4v) is 4.11. The van der Waals surface area contributed by atoms with Gasteiger partial charge in [-0.05, 0) is 49.7 Å². The highest BCUT2D eigenvalue weighted by Crippen LogP contribution is 2.25. The van der Waals surface area contributed by atoms with Crippen LogP contribution in [0.3, 0.4) is 0 Å². The van der Waals surface area contributed by atoms with Gasteiger partial charge in [0.1, 0.15) is 0 Å². The smallest absolute Gasteiger partial charge is 0.230 e. The summed E-state index contributed by atoms with van der Waals surface area (Å²) in [5.41, 5.74) is 9.09. The standard InChI is InChI=1S/C22H28N6O2S/c1-3-28(20-8-12-24-13-9-20)22-25-14-10-21(26-22)19-7-4-6-18(16-19)17-27(15-5-11-23)31(2,29)30/h4,6-10,12-14,16H,3,5,11,15,17,23H2,1-2H3. The molecule has 0 fully saturated rings. The van der Waals surface area contributed by atoms with E-state index in [1.165, 1.54) is 10.6 Å². The summed E-state index contributed by atoms with van der Waals surface area (Å²) in [6, 6.07) is 13.4. The minimum atomic E-state index is -3.32. The average molecular weight is 441 g/mol. The van der Waals surface area contributed by atoms with Gasteiger partial charge in [-0.25, -0.2) is 18.4 Å². The van der Waals surface area contributed by atoms with Crippen LogP contribution in [0.15, 0.2) is 61.1 Å². The van der Waals surface area contributed by atoms with Crippen molar-refractivity contribution in [3.05, 3.63) is 66.6 Å². The van der Waals surface area contributed by atoms with E-state index in [0.29, 0.717) is 38.5 Å². The lowest BCUT2D eigenvalue weighted by molar-refractivity contribution is 0.405. The Morgan fingerprint density at radius 3 is 2.52 bits per heavy atom. The van der Waals surface area contributed by atoms with Crippen molar-refractivity contribution >= 4 is 21.7 Å². The van der Waals surface area contributed by atoms with Gasteiger partial charge in [0.2, 0.25) is 16.0 Å². The maximum Gasteiger partial charge on any atom is 0.230 e. The molecule has 0 saturated carbocycles. The number of hydrogen-bond donors (Lipinski definition) is 1. The van der Waals surface area contributed by atoms with E-state index in [1.54, 1.807) is 18.6 Å². The Balaban J connectivity index is 1.88. The number of hydrogen-bond acceptors (Lipinski definition) is 7. The highest BCUT2D eigenvalue weighted by atomic mass is 32.2. The van der Waals surface area contributed by atoms with Gasteiger partial charge in [0.25, 0.3) is 0 Å². The second kappa shape index (κ2) is 10.4. The van der Waals surface area contributed by atoms with Crippen LogP contribution in [-0.4, -0.2) is 53.6 Å². The molecule has 3 rings (SSSR count). The van der Waals surface area contributed by atoms with Crippen molar-refractivity contribution in [3.8, 4) is 11.3 Å². The molecule has 0 unspecified atom stereocenters. The van der Waals surface area contributed by atoms with Crippen molar-refractivity contribution in [3.63, 3.8) is 0 Å². The fraction of sp³-hybridized carbons (Fsp3) is 0.318. The summed E-state index contributed by atoms with van der Waals surface area (Å²) < 4.78 is 25.7. The number of pyridine rings is 1. The number of nitrogens with two attached hydrogens (primary N) is 1. The number of sulfonamides is 1. The molecule has 0 amide bonds. The molecule has 0 atom stereocenters. The van der Waals surface area contributed by atoms with Crippen LogP contribution in [0, 0.1) is 0 Å². The Bertz CT molecular complexity index is 1090. The van der Waals surface area contributed by atoms with Crippen LogP contribution in [0.5, 0.6) is 0 Å². The SMILES string of the molecule is CCN(c1ccncc1)c1nccc(-c2cccc(CN(CCCN)S(C)(=O)=O)c2)n1. The topological polar surface area (TPSA) is 105 Å². The van der Waals surface area contributed by atoms with Crippen LogP contribution in [-0.2, 0) is 16.6 Å². The highest BCUT2D eigenvalue weighted by molar-refractivity contribution is 7.88. The second-order valence-electron chi connectivity index (χ2n) is 7.13. The molecule has 8 nitrogen and oxygen atoms in total. The number of aromatic nitrogens is 3. The Kier molecular flexibility index (Phi) is 7.67. The molecule has 0 bridgehead atoms. The van der Waals surface area contributed by atoms with Crippen LogP contribution < -0.4 is 10.6 Å². The van der Waals surface area contributed by atoms with Gasteiger partial charge in [0, 0.05) is 49.5 Å². The van der Waals surface area contributed by atoms with Gasteiger partial charge >= 0.3 is 0 Å². The highest BCUT2D eigenvalue weighted by Gasteiger charge is 2.17. The Hall–Kier alpha value is -2.88. The molecule has 2 aromatic heterocycles. The zero-order valence-corrected chi connectivity index (χ0v) is 18.7. The van der Waals surface area contributed by atoms with Gasteiger partial charge in [0.05, 0.1) is 11.9 Å². The van der Waals surface area contributed by atoms with E-state index < -0.39 is 10.0 Å². The van der Waals surface area contributed by atoms with Crippen LogP contribution in [0.4, 0.5) is 11.6 Å². The van der Waals surface area contributed by atoms with Crippen molar-refractivity contribution < 1.29 is 8.42 Å². The Labute approximate surface area is 183 Å². The molecular formula is C22H28N6O2S. The average Bonchev–Trinajstić information content (AvgIpc) is 2.77. The Morgan fingerprint density at radius 1 is 1.06 bits per heavy atom. The lowest BCUT2D eigenvalue weighted by atomic mass is 10.1. The van der Waals surface area contributed by atoms with E-state index in [9.17, 15) is 8.42 Å². The predicted octanol–water partition coefficient (Wildman–Crippen LogP) is 2.81. The quantitative estimate of drug-likeness (QED) is 0.517. The summed E-state index contributed by atoms with van der Waals surface area (Å²) in [5, 5.41) is 0. The number of rotatable bonds is 10. The molecule has 9 heteroatoms. The zero-order valence-electron chi connectivity index (χ0n) is 17.8. The van der Waals surface area contributed by atoms with Crippen molar-refractivity contribution in [1.82, 2.24) is 19.3 Å². The van der Waals surface area contributed by atoms with E-state index in [1.807, 2.05) is 54.3 Å². The number of benzene rings is 1. The molecule has 2 heterocycles. The van der Waals surface area contributed by atoms with Crippen molar-refractivity contribution in [2.75, 3.05) is 30.8 Å². The second-order valence-corrected chi connectivity index (χ2v) is 9.11. The molecule has 0 aliphatic carbocycles. The molecule has 0 saturated heterocycles. The third kappa shape index (κ3) is 6.06. The molecule has 0 spiro atoms. The maximum atomic E-state index is 12.1. The molecule has 2 N–H and O–H groups in total. The minimum absolute atomic E-state index is 0.294. The summed E-state index contributed by atoms with van der Waals surface area (Å²) in [5.74, 6) is 0.595. The summed E-state index contributed by atoms with van der Waals surface area (Å²) >= 11 is 0. The molecular weight excluding hydrogens is 412 g/mol. The third-order valence-corrected chi connectivity index (χ3v) is 6.09. The number of nitrogens with zero attached hydrogens (tertiary/aromatic N) is 5. The van der Waals surface area contributed by atoms with E-state index in [2.05, 4.69) is 9.97 Å². The summed E-state index contributed by atoms with van der Waals surface area (Å²) in [6.45, 7) is 3.88. The van der Waals surface area contributed by atoms with E-state index >= 15 is 0 Å². The lowest BCUT2D eigenvalue weighted by Crippen LogP contribution is -2.31. The molecule has 164 valence electrons. The first-order chi connectivity index (χ1) is 14.9. The summed E-state index contributed by atoms with van der Waals surface area (Å²) in [7, 11) is -3.32. The molecule has 3 aromatic rings. The van der Waals surface area contributed by atoms with Crippen LogP contribution in [0.2, 0.25) is 0 Å². The fourth-order valence-electron chi connectivity index (χ4n) is 3.27. The van der Waals surface area contributed by atoms with E-state index in [4.69, 9.17) is 10.7 Å². The van der Waals surface area contributed by atoms with Crippen molar-refractivity contribution in [2.24, 2.45) is 5.73 Å². The molecule has 0 aliphatic rings. The van der Waals surface area contributed by atoms with Gasteiger partial charge in [0.15, 0.2) is 0 Å². The summed E-state index contributed by atoms with van der Waals surface area (Å²) in [6.07, 6.45) is 7.05. The molecule has 0 aliphatic heterocycles. The molecule has 31 heavy (non-hydrogen) atoms. The van der Waals surface area contributed by atoms with Gasteiger partial charge in [-0.15, -0.1) is 0 Å². The van der Waals surface area contributed by atoms with Crippen molar-refractivity contribution in [1.29, 1.82) is 0 Å². The van der Waals surface area contributed by atoms with Crippen LogP contribution >= 0.6 is 0 Å². The van der Waals surface area contributed by atoms with Crippen LogP contribution in [0.25, 0.3) is 11.3 Å². The zero-order chi connectivity index (χ0) is 22.3. The first-order valence-corrected chi connectivity index (χ1v) is 12.0. The largest absolute Gasteiger partial charge is 0.330 e. The van der Waals surface area contributed by atoms with Gasteiger partial charge in [-0.1, -0.05) is 18.2 Å². The monoisotopic (exact) mass is 440 g/mol. The predicted molar refractivity (Wildman–Crippen MR) is 123 cm³/mol. The first kappa shape index (κ1) is 22.8. The number of anilines is 2. The Morgan fingerprint density at radius 2 is 1.84 bits per heavy atom. The normalized spacial score (nSPS) is 11.6. The van der Waals surface area contributed by atoms with E-state index in [-0.39, 0.29) is 0 Å².